The van der Waals surface area contributed by atoms with Crippen molar-refractivity contribution in [2.24, 2.45) is 0 Å². The minimum absolute atomic E-state index is 0.0205. The molecule has 0 aliphatic rings. The molecule has 0 aliphatic carbocycles. The predicted octanol–water partition coefficient (Wildman–Crippen LogP) is 1.70. The van der Waals surface area contributed by atoms with Gasteiger partial charge in [-0.15, -0.1) is 0 Å². The Morgan fingerprint density at radius 1 is 1.25 bits per heavy atom. The van der Waals surface area contributed by atoms with Crippen molar-refractivity contribution in [3.8, 4) is 0 Å². The number of furan rings is 1. The van der Waals surface area contributed by atoms with E-state index in [0.717, 1.165) is 12.1 Å². The van der Waals surface area contributed by atoms with Crippen LogP contribution in [0, 0.1) is 10.1 Å². The largest absolute Gasteiger partial charge is 0.462 e. The molecule has 0 saturated heterocycles. The summed E-state index contributed by atoms with van der Waals surface area (Å²) in [6.45, 7) is 3.32. The number of carbonyl (C=O) groups excluding carboxylic acids is 2. The molecule has 0 fully saturated rings. The van der Waals surface area contributed by atoms with Crippen molar-refractivity contribution in [3.05, 3.63) is 33.6 Å². The van der Waals surface area contributed by atoms with Crippen LogP contribution in [0.3, 0.4) is 0 Å². The molecule has 20 heavy (non-hydrogen) atoms. The van der Waals surface area contributed by atoms with Crippen LogP contribution in [0.2, 0.25) is 0 Å². The molecule has 0 N–H and O–H groups in total. The summed E-state index contributed by atoms with van der Waals surface area (Å²) >= 11 is 0. The highest BCUT2D eigenvalue weighted by Crippen LogP contribution is 2.19. The molecule has 0 unspecified atom stereocenters. The second kappa shape index (κ2) is 7.07. The number of nitro groups is 1. The Labute approximate surface area is 114 Å². The van der Waals surface area contributed by atoms with Gasteiger partial charge in [0.2, 0.25) is 0 Å². The smallest absolute Gasteiger partial charge is 0.433 e. The molecular weight excluding hydrogens is 270 g/mol. The molecule has 1 rings (SSSR count). The number of carbonyl (C=O) groups is 2. The highest BCUT2D eigenvalue weighted by atomic mass is 16.6. The fourth-order valence-corrected chi connectivity index (χ4v) is 1.28. The third-order valence-electron chi connectivity index (χ3n) is 2.07. The summed E-state index contributed by atoms with van der Waals surface area (Å²) in [5.41, 5.74) is -0.391. The predicted molar refractivity (Wildman–Crippen MR) is 66.6 cm³/mol. The van der Waals surface area contributed by atoms with Crippen LogP contribution in [0.4, 0.5) is 5.88 Å². The van der Waals surface area contributed by atoms with E-state index in [1.807, 2.05) is 0 Å². The summed E-state index contributed by atoms with van der Waals surface area (Å²) in [6, 6.07) is 2.37. The van der Waals surface area contributed by atoms with E-state index < -0.39 is 28.3 Å². The van der Waals surface area contributed by atoms with E-state index in [-0.39, 0.29) is 19.0 Å². The van der Waals surface area contributed by atoms with E-state index in [2.05, 4.69) is 0 Å². The van der Waals surface area contributed by atoms with E-state index >= 15 is 0 Å². The topological polar surface area (TPSA) is 109 Å². The third-order valence-corrected chi connectivity index (χ3v) is 2.07. The van der Waals surface area contributed by atoms with Crippen LogP contribution >= 0.6 is 0 Å². The average Bonchev–Trinajstić information content (AvgIpc) is 2.85. The first-order chi connectivity index (χ1) is 9.49. The maximum Gasteiger partial charge on any atom is 0.433 e. The van der Waals surface area contributed by atoms with Gasteiger partial charge in [0.15, 0.2) is 0 Å². The maximum absolute atomic E-state index is 11.6. The van der Waals surface area contributed by atoms with Crippen molar-refractivity contribution in [1.82, 2.24) is 0 Å². The lowest BCUT2D eigenvalue weighted by Crippen LogP contribution is -2.18. The zero-order chi connectivity index (χ0) is 15.1. The van der Waals surface area contributed by atoms with Gasteiger partial charge in [-0.05, 0) is 19.9 Å². The van der Waals surface area contributed by atoms with Crippen LogP contribution in [-0.2, 0) is 19.1 Å². The van der Waals surface area contributed by atoms with Crippen LogP contribution < -0.4 is 0 Å². The van der Waals surface area contributed by atoms with E-state index in [1.54, 1.807) is 13.8 Å². The first-order valence-corrected chi connectivity index (χ1v) is 5.79. The van der Waals surface area contributed by atoms with Gasteiger partial charge in [0.05, 0.1) is 19.3 Å². The number of hydrogen-bond donors (Lipinski definition) is 0. The molecule has 0 aromatic carbocycles. The van der Waals surface area contributed by atoms with E-state index in [0.29, 0.717) is 0 Å². The van der Waals surface area contributed by atoms with Crippen molar-refractivity contribution in [1.29, 1.82) is 0 Å². The molecule has 1 aromatic heterocycles. The van der Waals surface area contributed by atoms with Crippen molar-refractivity contribution < 1.29 is 28.4 Å². The van der Waals surface area contributed by atoms with Gasteiger partial charge in [-0.3, -0.25) is 10.1 Å². The maximum atomic E-state index is 11.6. The first kappa shape index (κ1) is 15.4. The first-order valence-electron chi connectivity index (χ1n) is 5.79. The Balaban J connectivity index is 3.07. The lowest BCUT2D eigenvalue weighted by Gasteiger charge is -2.05. The SMILES string of the molecule is CCOC(=O)C(=Cc1ccc([N+](=O)[O-])o1)C(=O)OCC. The molecule has 8 heteroatoms. The quantitative estimate of drug-likeness (QED) is 0.195. The zero-order valence-electron chi connectivity index (χ0n) is 11.0. The molecule has 0 aliphatic heterocycles. The number of rotatable bonds is 6. The molecule has 0 amide bonds. The van der Waals surface area contributed by atoms with Crippen molar-refractivity contribution in [2.45, 2.75) is 13.8 Å². The van der Waals surface area contributed by atoms with Crippen LogP contribution in [0.5, 0.6) is 0 Å². The van der Waals surface area contributed by atoms with E-state index in [9.17, 15) is 19.7 Å². The fourth-order valence-electron chi connectivity index (χ4n) is 1.28. The fraction of sp³-hybridized carbons (Fsp3) is 0.333. The summed E-state index contributed by atoms with van der Waals surface area (Å²) in [6.07, 6.45) is 1.04. The molecule has 0 spiro atoms. The summed E-state index contributed by atoms with van der Waals surface area (Å²) in [5.74, 6) is -2.29. The van der Waals surface area contributed by atoms with Crippen LogP contribution in [0.1, 0.15) is 19.6 Å². The zero-order valence-corrected chi connectivity index (χ0v) is 11.0. The minimum Gasteiger partial charge on any atom is -0.462 e. The number of ether oxygens (including phenoxy) is 2. The molecule has 0 bridgehead atoms. The summed E-state index contributed by atoms with van der Waals surface area (Å²) in [7, 11) is 0. The summed E-state index contributed by atoms with van der Waals surface area (Å²) in [4.78, 5) is 33.0. The molecule has 1 aromatic rings. The Kier molecular flexibility index (Phi) is 5.45. The summed E-state index contributed by atoms with van der Waals surface area (Å²) in [5, 5.41) is 10.5. The van der Waals surface area contributed by atoms with Gasteiger partial charge >= 0.3 is 17.8 Å². The molecule has 108 valence electrons. The van der Waals surface area contributed by atoms with Crippen molar-refractivity contribution in [2.75, 3.05) is 13.2 Å². The van der Waals surface area contributed by atoms with Gasteiger partial charge < -0.3 is 13.9 Å². The van der Waals surface area contributed by atoms with Crippen LogP contribution in [-0.4, -0.2) is 30.1 Å². The molecule has 0 saturated carbocycles. The number of nitrogens with zero attached hydrogens (tertiary/aromatic N) is 1. The molecule has 8 nitrogen and oxygen atoms in total. The Morgan fingerprint density at radius 3 is 2.20 bits per heavy atom. The Bertz CT molecular complexity index is 524. The average molecular weight is 283 g/mol. The van der Waals surface area contributed by atoms with Crippen LogP contribution in [0.25, 0.3) is 6.08 Å². The van der Waals surface area contributed by atoms with Gasteiger partial charge in [-0.25, -0.2) is 9.59 Å². The third kappa shape index (κ3) is 3.94. The van der Waals surface area contributed by atoms with Gasteiger partial charge in [0, 0.05) is 6.08 Å². The second-order valence-electron chi connectivity index (χ2n) is 3.43. The molecule has 0 atom stereocenters. The lowest BCUT2D eigenvalue weighted by atomic mass is 10.2. The van der Waals surface area contributed by atoms with Crippen molar-refractivity contribution >= 4 is 23.9 Å². The highest BCUT2D eigenvalue weighted by Gasteiger charge is 2.22. The molecular formula is C12H13NO7. The number of esters is 2. The normalized spacial score (nSPS) is 9.70. The van der Waals surface area contributed by atoms with Crippen LogP contribution in [0.15, 0.2) is 22.1 Å². The monoisotopic (exact) mass is 283 g/mol. The van der Waals surface area contributed by atoms with E-state index in [1.165, 1.54) is 6.07 Å². The number of hydrogen-bond acceptors (Lipinski definition) is 7. The Morgan fingerprint density at radius 2 is 1.80 bits per heavy atom. The van der Waals surface area contributed by atoms with Gasteiger partial charge in [0.1, 0.15) is 16.3 Å². The Hall–Kier alpha value is -2.64. The second-order valence-corrected chi connectivity index (χ2v) is 3.43. The van der Waals surface area contributed by atoms with E-state index in [4.69, 9.17) is 13.9 Å². The minimum atomic E-state index is -0.884. The van der Waals surface area contributed by atoms with Crippen molar-refractivity contribution in [3.63, 3.8) is 0 Å². The van der Waals surface area contributed by atoms with Gasteiger partial charge in [-0.1, -0.05) is 0 Å². The molecule has 0 radical (unpaired) electrons. The van der Waals surface area contributed by atoms with Gasteiger partial charge in [-0.2, -0.15) is 0 Å². The summed E-state index contributed by atoms with van der Waals surface area (Å²) < 4.78 is 14.3. The lowest BCUT2D eigenvalue weighted by molar-refractivity contribution is -0.402. The standard InChI is InChI=1S/C12H13NO7/c1-3-18-11(14)9(12(15)19-4-2)7-8-5-6-10(20-8)13(16)17/h5-7H,3-4H2,1-2H3. The molecule has 1 heterocycles. The van der Waals surface area contributed by atoms with Gasteiger partial charge in [0.25, 0.3) is 0 Å². The highest BCUT2D eigenvalue weighted by molar-refractivity contribution is 6.17.